The summed E-state index contributed by atoms with van der Waals surface area (Å²) in [6, 6.07) is 0. The molecule has 1 aromatic rings. The Balaban J connectivity index is 2.36. The molecule has 1 aliphatic carbocycles. The topological polar surface area (TPSA) is 78.1 Å². The maximum atomic E-state index is 5.95. The molecule has 2 rings (SSSR count). The lowest BCUT2D eigenvalue weighted by Crippen LogP contribution is -1.99. The van der Waals surface area contributed by atoms with Crippen LogP contribution in [-0.2, 0) is 0 Å². The fourth-order valence-electron chi connectivity index (χ4n) is 1.61. The molecule has 4 heteroatoms. The summed E-state index contributed by atoms with van der Waals surface area (Å²) in [5, 5.41) is 3.96. The summed E-state index contributed by atoms with van der Waals surface area (Å²) >= 11 is 0. The summed E-state index contributed by atoms with van der Waals surface area (Å²) in [5.74, 6) is 1.43. The molecular formula is C11H15N3O. The van der Waals surface area contributed by atoms with E-state index >= 15 is 0 Å². The van der Waals surface area contributed by atoms with E-state index in [4.69, 9.17) is 16.0 Å². The van der Waals surface area contributed by atoms with Crippen molar-refractivity contribution in [2.45, 2.75) is 25.7 Å². The summed E-state index contributed by atoms with van der Waals surface area (Å²) in [6.07, 6.45) is 7.26. The van der Waals surface area contributed by atoms with E-state index in [1.807, 2.05) is 6.92 Å². The van der Waals surface area contributed by atoms with Gasteiger partial charge < -0.3 is 16.0 Å². The maximum absolute atomic E-state index is 5.95. The average molecular weight is 205 g/mol. The number of hydrogen-bond donors (Lipinski definition) is 2. The molecule has 0 radical (unpaired) electrons. The molecule has 0 unspecified atom stereocenters. The zero-order valence-corrected chi connectivity index (χ0v) is 8.73. The predicted octanol–water partition coefficient (Wildman–Crippen LogP) is 1.63. The number of nitrogens with two attached hydrogens (primary N) is 2. The molecule has 4 nitrogen and oxygen atoms in total. The maximum Gasteiger partial charge on any atom is 0.149 e. The van der Waals surface area contributed by atoms with Crippen molar-refractivity contribution in [3.05, 3.63) is 35.4 Å². The van der Waals surface area contributed by atoms with Crippen LogP contribution in [0.3, 0.4) is 0 Å². The Bertz CT molecular complexity index is 413. The first-order valence-corrected chi connectivity index (χ1v) is 5.04. The van der Waals surface area contributed by atoms with E-state index in [-0.39, 0.29) is 0 Å². The van der Waals surface area contributed by atoms with Gasteiger partial charge in [0.25, 0.3) is 0 Å². The van der Waals surface area contributed by atoms with Crippen molar-refractivity contribution in [2.75, 3.05) is 0 Å². The molecular weight excluding hydrogens is 190 g/mol. The SMILES string of the molecule is Cc1noc(C2CC2)c1/C(N)=C/C=C\N. The first-order valence-electron chi connectivity index (χ1n) is 5.04. The van der Waals surface area contributed by atoms with E-state index in [9.17, 15) is 0 Å². The molecule has 80 valence electrons. The number of allylic oxidation sites excluding steroid dienone is 2. The van der Waals surface area contributed by atoms with Gasteiger partial charge in [-0.3, -0.25) is 0 Å². The third-order valence-corrected chi connectivity index (χ3v) is 2.51. The molecule has 0 saturated heterocycles. The molecule has 15 heavy (non-hydrogen) atoms. The molecule has 0 aromatic carbocycles. The predicted molar refractivity (Wildman–Crippen MR) is 58.7 cm³/mol. The highest BCUT2D eigenvalue weighted by Gasteiger charge is 2.32. The van der Waals surface area contributed by atoms with Gasteiger partial charge in [0.05, 0.1) is 11.3 Å². The van der Waals surface area contributed by atoms with Crippen molar-refractivity contribution in [1.82, 2.24) is 5.16 Å². The van der Waals surface area contributed by atoms with Crippen molar-refractivity contribution in [3.8, 4) is 0 Å². The number of aromatic nitrogens is 1. The van der Waals surface area contributed by atoms with Crippen LogP contribution in [0.4, 0.5) is 0 Å². The largest absolute Gasteiger partial charge is 0.405 e. The fourth-order valence-corrected chi connectivity index (χ4v) is 1.61. The molecule has 0 atom stereocenters. The van der Waals surface area contributed by atoms with Crippen LogP contribution in [0.1, 0.15) is 35.8 Å². The number of aryl methyl sites for hydroxylation is 1. The Morgan fingerprint density at radius 1 is 1.53 bits per heavy atom. The van der Waals surface area contributed by atoms with Crippen LogP contribution in [0.5, 0.6) is 0 Å². The first-order chi connectivity index (χ1) is 7.24. The van der Waals surface area contributed by atoms with Crippen molar-refractivity contribution in [1.29, 1.82) is 0 Å². The van der Waals surface area contributed by atoms with Crippen molar-refractivity contribution in [2.24, 2.45) is 11.5 Å². The van der Waals surface area contributed by atoms with Crippen LogP contribution in [0.15, 0.2) is 22.9 Å². The van der Waals surface area contributed by atoms with E-state index < -0.39 is 0 Å². The van der Waals surface area contributed by atoms with Crippen LogP contribution < -0.4 is 11.5 Å². The summed E-state index contributed by atoms with van der Waals surface area (Å²) in [7, 11) is 0. The fraction of sp³-hybridized carbons (Fsp3) is 0.364. The van der Waals surface area contributed by atoms with E-state index in [2.05, 4.69) is 5.16 Å². The molecule has 0 aliphatic heterocycles. The van der Waals surface area contributed by atoms with Crippen molar-refractivity contribution >= 4 is 5.70 Å². The van der Waals surface area contributed by atoms with Gasteiger partial charge in [0.1, 0.15) is 5.76 Å². The molecule has 4 N–H and O–H groups in total. The first kappa shape index (κ1) is 9.83. The van der Waals surface area contributed by atoms with Crippen LogP contribution in [0.2, 0.25) is 0 Å². The molecule has 0 bridgehead atoms. The van der Waals surface area contributed by atoms with Gasteiger partial charge in [-0.2, -0.15) is 0 Å². The van der Waals surface area contributed by atoms with Crippen LogP contribution in [-0.4, -0.2) is 5.16 Å². The standard InChI is InChI=1S/C11H15N3O/c1-7-10(9(13)3-2-6-12)11(15-14-7)8-4-5-8/h2-3,6,8H,4-5,12-13H2,1H3/b6-2-,9-3-. The minimum absolute atomic E-state index is 0.509. The van der Waals surface area contributed by atoms with Gasteiger partial charge in [0, 0.05) is 11.6 Å². The van der Waals surface area contributed by atoms with Gasteiger partial charge in [-0.25, -0.2) is 0 Å². The highest BCUT2D eigenvalue weighted by atomic mass is 16.5. The normalized spacial score (nSPS) is 17.5. The Labute approximate surface area is 88.6 Å². The van der Waals surface area contributed by atoms with Crippen LogP contribution >= 0.6 is 0 Å². The van der Waals surface area contributed by atoms with E-state index in [0.717, 1.165) is 17.0 Å². The number of rotatable bonds is 3. The second kappa shape index (κ2) is 3.81. The quantitative estimate of drug-likeness (QED) is 0.735. The molecule has 1 aromatic heterocycles. The Kier molecular flexibility index (Phi) is 2.49. The van der Waals surface area contributed by atoms with E-state index in [0.29, 0.717) is 11.6 Å². The highest BCUT2D eigenvalue weighted by Crippen LogP contribution is 2.43. The summed E-state index contributed by atoms with van der Waals surface area (Å²) in [4.78, 5) is 0. The van der Waals surface area contributed by atoms with Gasteiger partial charge in [0.15, 0.2) is 0 Å². The lowest BCUT2D eigenvalue weighted by Gasteiger charge is -2.00. The zero-order valence-electron chi connectivity index (χ0n) is 8.73. The molecule has 1 saturated carbocycles. The second-order valence-electron chi connectivity index (χ2n) is 3.79. The van der Waals surface area contributed by atoms with Gasteiger partial charge >= 0.3 is 0 Å². The molecule has 0 amide bonds. The zero-order chi connectivity index (χ0) is 10.8. The molecule has 1 fully saturated rings. The van der Waals surface area contributed by atoms with Crippen LogP contribution in [0, 0.1) is 6.92 Å². The van der Waals surface area contributed by atoms with Gasteiger partial charge in [0.2, 0.25) is 0 Å². The lowest BCUT2D eigenvalue weighted by atomic mass is 10.1. The summed E-state index contributed by atoms with van der Waals surface area (Å²) in [5.41, 5.74) is 13.7. The van der Waals surface area contributed by atoms with Gasteiger partial charge in [-0.05, 0) is 38.1 Å². The summed E-state index contributed by atoms with van der Waals surface area (Å²) < 4.78 is 5.29. The average Bonchev–Trinajstić information content (AvgIpc) is 2.99. The number of nitrogens with zero attached hydrogens (tertiary/aromatic N) is 1. The Morgan fingerprint density at radius 2 is 2.27 bits per heavy atom. The molecule has 1 heterocycles. The highest BCUT2D eigenvalue weighted by molar-refractivity contribution is 5.68. The second-order valence-corrected chi connectivity index (χ2v) is 3.79. The van der Waals surface area contributed by atoms with Crippen molar-refractivity contribution in [3.63, 3.8) is 0 Å². The van der Waals surface area contributed by atoms with Crippen LogP contribution in [0.25, 0.3) is 5.70 Å². The van der Waals surface area contributed by atoms with Crippen molar-refractivity contribution < 1.29 is 4.52 Å². The van der Waals surface area contributed by atoms with E-state index in [1.165, 1.54) is 19.0 Å². The smallest absolute Gasteiger partial charge is 0.149 e. The summed E-state index contributed by atoms with van der Waals surface area (Å²) in [6.45, 7) is 1.90. The third kappa shape index (κ3) is 1.88. The van der Waals surface area contributed by atoms with E-state index in [1.54, 1.807) is 12.2 Å². The minimum atomic E-state index is 0.509. The third-order valence-electron chi connectivity index (χ3n) is 2.51. The van der Waals surface area contributed by atoms with Gasteiger partial charge in [-0.15, -0.1) is 0 Å². The molecule has 1 aliphatic rings. The lowest BCUT2D eigenvalue weighted by molar-refractivity contribution is 0.380. The minimum Gasteiger partial charge on any atom is -0.405 e. The number of hydrogen-bond acceptors (Lipinski definition) is 4. The molecule has 0 spiro atoms. The van der Waals surface area contributed by atoms with Gasteiger partial charge in [-0.1, -0.05) is 5.16 Å². The Morgan fingerprint density at radius 3 is 2.87 bits per heavy atom. The Hall–Kier alpha value is -1.71. The monoisotopic (exact) mass is 205 g/mol.